The summed E-state index contributed by atoms with van der Waals surface area (Å²) >= 11 is 12.0. The fraction of sp³-hybridized carbons (Fsp3) is 0.208. The van der Waals surface area contributed by atoms with Crippen LogP contribution in [0.3, 0.4) is 0 Å². The highest BCUT2D eigenvalue weighted by Gasteiger charge is 2.21. The van der Waals surface area contributed by atoms with Gasteiger partial charge < -0.3 is 20.4 Å². The normalized spacial score (nSPS) is 13.9. The number of amides is 3. The third kappa shape index (κ3) is 5.94. The van der Waals surface area contributed by atoms with Crippen molar-refractivity contribution in [2.45, 2.75) is 6.42 Å². The van der Waals surface area contributed by atoms with Crippen molar-refractivity contribution in [3.05, 3.63) is 82.5 Å². The van der Waals surface area contributed by atoms with E-state index < -0.39 is 6.03 Å². The zero-order valence-corrected chi connectivity index (χ0v) is 19.3. The minimum absolute atomic E-state index is 0.00514. The van der Waals surface area contributed by atoms with Gasteiger partial charge in [0.05, 0.1) is 22.6 Å². The van der Waals surface area contributed by atoms with Crippen molar-refractivity contribution in [1.29, 1.82) is 0 Å². The van der Waals surface area contributed by atoms with Gasteiger partial charge in [-0.25, -0.2) is 9.78 Å². The van der Waals surface area contributed by atoms with Crippen LogP contribution in [0.4, 0.5) is 22.0 Å². The van der Waals surface area contributed by atoms with Crippen molar-refractivity contribution in [3.63, 3.8) is 0 Å². The number of para-hydroxylation sites is 1. The Labute approximate surface area is 202 Å². The van der Waals surface area contributed by atoms with Crippen molar-refractivity contribution in [2.75, 3.05) is 41.7 Å². The van der Waals surface area contributed by atoms with Crippen LogP contribution < -0.4 is 15.5 Å². The molecule has 1 aliphatic heterocycles. The molecule has 0 saturated carbocycles. The fourth-order valence-electron chi connectivity index (χ4n) is 3.62. The van der Waals surface area contributed by atoms with Crippen LogP contribution in [0, 0.1) is 0 Å². The van der Waals surface area contributed by atoms with Gasteiger partial charge in [-0.1, -0.05) is 35.3 Å². The Balaban J connectivity index is 1.33. The van der Waals surface area contributed by atoms with Gasteiger partial charge in [0.1, 0.15) is 5.82 Å². The molecule has 0 atom stereocenters. The van der Waals surface area contributed by atoms with Crippen molar-refractivity contribution < 1.29 is 9.59 Å². The van der Waals surface area contributed by atoms with Crippen LogP contribution in [-0.2, 0) is 0 Å². The standard InChI is InChI=1S/C24H23Cl2N5O2/c25-18-8-6-17(7-9-18)23(32)31-13-3-12-30(14-15-31)22-11-10-19(16-27-22)28-24(33)29-21-5-2-1-4-20(21)26/h1-2,4-11,16H,3,12-15H2,(H2,28,29,33). The molecule has 3 amide bonds. The molecular formula is C24H23Cl2N5O2. The number of benzene rings is 2. The van der Waals surface area contributed by atoms with Gasteiger partial charge in [-0.3, -0.25) is 4.79 Å². The summed E-state index contributed by atoms with van der Waals surface area (Å²) in [6.45, 7) is 2.74. The van der Waals surface area contributed by atoms with Crippen molar-refractivity contribution in [3.8, 4) is 0 Å². The van der Waals surface area contributed by atoms with Crippen LogP contribution in [0.2, 0.25) is 10.0 Å². The molecule has 0 unspecified atom stereocenters. The summed E-state index contributed by atoms with van der Waals surface area (Å²) in [6, 6.07) is 17.3. The monoisotopic (exact) mass is 483 g/mol. The van der Waals surface area contributed by atoms with Crippen molar-refractivity contribution in [2.24, 2.45) is 0 Å². The molecule has 33 heavy (non-hydrogen) atoms. The van der Waals surface area contributed by atoms with Crippen LogP contribution in [0.15, 0.2) is 66.9 Å². The summed E-state index contributed by atoms with van der Waals surface area (Å²) in [5, 5.41) is 6.54. The van der Waals surface area contributed by atoms with Crippen molar-refractivity contribution in [1.82, 2.24) is 9.88 Å². The average Bonchev–Trinajstić information content (AvgIpc) is 3.07. The minimum Gasteiger partial charge on any atom is -0.355 e. The van der Waals surface area contributed by atoms with Crippen LogP contribution in [0.25, 0.3) is 0 Å². The topological polar surface area (TPSA) is 77.6 Å². The number of halogens is 2. The Bertz CT molecular complexity index is 1120. The lowest BCUT2D eigenvalue weighted by Gasteiger charge is -2.23. The van der Waals surface area contributed by atoms with E-state index in [0.717, 1.165) is 18.8 Å². The Morgan fingerprint density at radius 2 is 1.64 bits per heavy atom. The maximum absolute atomic E-state index is 12.8. The molecule has 3 aromatic rings. The Hall–Kier alpha value is -3.29. The third-order valence-electron chi connectivity index (χ3n) is 5.33. The highest BCUT2D eigenvalue weighted by molar-refractivity contribution is 6.33. The minimum atomic E-state index is -0.399. The predicted octanol–water partition coefficient (Wildman–Crippen LogP) is 5.38. The first-order valence-corrected chi connectivity index (χ1v) is 11.3. The lowest BCUT2D eigenvalue weighted by atomic mass is 10.2. The van der Waals surface area contributed by atoms with Crippen LogP contribution in [0.1, 0.15) is 16.8 Å². The van der Waals surface area contributed by atoms with E-state index >= 15 is 0 Å². The molecule has 0 bridgehead atoms. The number of aromatic nitrogens is 1. The number of carbonyl (C=O) groups is 2. The molecule has 1 aromatic heterocycles. The van der Waals surface area contributed by atoms with Gasteiger partial charge in [0, 0.05) is 36.8 Å². The van der Waals surface area contributed by atoms with Crippen LogP contribution >= 0.6 is 23.2 Å². The first-order valence-electron chi connectivity index (χ1n) is 10.6. The summed E-state index contributed by atoms with van der Waals surface area (Å²) in [5.41, 5.74) is 1.73. The SMILES string of the molecule is O=C(Nc1ccc(N2CCCN(C(=O)c3ccc(Cl)cc3)CC2)nc1)Nc1ccccc1Cl. The van der Waals surface area contributed by atoms with E-state index in [0.29, 0.717) is 46.6 Å². The lowest BCUT2D eigenvalue weighted by molar-refractivity contribution is 0.0767. The second-order valence-electron chi connectivity index (χ2n) is 7.60. The summed E-state index contributed by atoms with van der Waals surface area (Å²) in [6.07, 6.45) is 2.45. The fourth-order valence-corrected chi connectivity index (χ4v) is 3.93. The molecule has 2 heterocycles. The molecule has 4 rings (SSSR count). The molecule has 2 aromatic carbocycles. The quantitative estimate of drug-likeness (QED) is 0.521. The number of hydrogen-bond donors (Lipinski definition) is 2. The molecule has 7 nitrogen and oxygen atoms in total. The van der Waals surface area contributed by atoms with E-state index in [1.807, 2.05) is 11.0 Å². The smallest absolute Gasteiger partial charge is 0.323 e. The largest absolute Gasteiger partial charge is 0.355 e. The molecule has 170 valence electrons. The lowest BCUT2D eigenvalue weighted by Crippen LogP contribution is -2.35. The summed E-state index contributed by atoms with van der Waals surface area (Å²) in [7, 11) is 0. The van der Waals surface area contributed by atoms with Gasteiger partial charge in [0.2, 0.25) is 0 Å². The Morgan fingerprint density at radius 3 is 2.36 bits per heavy atom. The first-order chi connectivity index (χ1) is 16.0. The Morgan fingerprint density at radius 1 is 0.848 bits per heavy atom. The molecular weight excluding hydrogens is 461 g/mol. The van der Waals surface area contributed by atoms with E-state index in [1.54, 1.807) is 60.8 Å². The van der Waals surface area contributed by atoms with Gasteiger partial charge in [-0.2, -0.15) is 0 Å². The van der Waals surface area contributed by atoms with Gasteiger partial charge in [0.25, 0.3) is 5.91 Å². The third-order valence-corrected chi connectivity index (χ3v) is 5.91. The Kier molecular flexibility index (Phi) is 7.32. The number of rotatable bonds is 4. The highest BCUT2D eigenvalue weighted by Crippen LogP contribution is 2.21. The number of carbonyl (C=O) groups excluding carboxylic acids is 2. The molecule has 0 aliphatic carbocycles. The first kappa shape index (κ1) is 22.9. The van der Waals surface area contributed by atoms with E-state index in [1.165, 1.54) is 0 Å². The zero-order valence-electron chi connectivity index (χ0n) is 17.8. The zero-order chi connectivity index (χ0) is 23.2. The molecule has 1 fully saturated rings. The van der Waals surface area contributed by atoms with Gasteiger partial charge in [0.15, 0.2) is 0 Å². The van der Waals surface area contributed by atoms with Gasteiger partial charge in [-0.15, -0.1) is 0 Å². The number of hydrogen-bond acceptors (Lipinski definition) is 4. The summed E-state index contributed by atoms with van der Waals surface area (Å²) < 4.78 is 0. The average molecular weight is 484 g/mol. The molecule has 9 heteroatoms. The van der Waals surface area contributed by atoms with Crippen LogP contribution in [-0.4, -0.2) is 48.0 Å². The van der Waals surface area contributed by atoms with Gasteiger partial charge >= 0.3 is 6.03 Å². The number of urea groups is 1. The van der Waals surface area contributed by atoms with E-state index in [9.17, 15) is 9.59 Å². The molecule has 0 spiro atoms. The summed E-state index contributed by atoms with van der Waals surface area (Å²) in [5.74, 6) is 0.804. The molecule has 1 aliphatic rings. The second-order valence-corrected chi connectivity index (χ2v) is 8.45. The van der Waals surface area contributed by atoms with E-state index in [2.05, 4.69) is 20.5 Å². The van der Waals surface area contributed by atoms with Crippen LogP contribution in [0.5, 0.6) is 0 Å². The maximum atomic E-state index is 12.8. The molecule has 2 N–H and O–H groups in total. The summed E-state index contributed by atoms with van der Waals surface area (Å²) in [4.78, 5) is 33.5. The van der Waals surface area contributed by atoms with Gasteiger partial charge in [-0.05, 0) is 55.0 Å². The number of pyridine rings is 1. The van der Waals surface area contributed by atoms with E-state index in [4.69, 9.17) is 23.2 Å². The van der Waals surface area contributed by atoms with Crippen molar-refractivity contribution >= 4 is 52.3 Å². The molecule has 1 saturated heterocycles. The highest BCUT2D eigenvalue weighted by atomic mass is 35.5. The number of anilines is 3. The predicted molar refractivity (Wildman–Crippen MR) is 133 cm³/mol. The van der Waals surface area contributed by atoms with E-state index in [-0.39, 0.29) is 5.91 Å². The molecule has 0 radical (unpaired) electrons. The number of nitrogens with one attached hydrogen (secondary N) is 2. The second kappa shape index (κ2) is 10.6. The number of nitrogens with zero attached hydrogens (tertiary/aromatic N) is 3. The maximum Gasteiger partial charge on any atom is 0.323 e.